The van der Waals surface area contributed by atoms with Gasteiger partial charge in [-0.15, -0.1) is 0 Å². The molecule has 9 heavy (non-hydrogen) atoms. The van der Waals surface area contributed by atoms with Gasteiger partial charge in [0.1, 0.15) is 0 Å². The average Bonchev–Trinajstić information content (AvgIpc) is 1.85. The van der Waals surface area contributed by atoms with E-state index in [4.69, 9.17) is 5.73 Å². The van der Waals surface area contributed by atoms with Gasteiger partial charge in [-0.2, -0.15) is 0 Å². The maximum absolute atomic E-state index is 5.01. The zero-order valence-electron chi connectivity index (χ0n) is 5.67. The fraction of sp³-hybridized carbons (Fsp3) is 0.286. The Morgan fingerprint density at radius 1 is 1.78 bits per heavy atom. The minimum absolute atomic E-state index is 0.694. The maximum Gasteiger partial charge on any atom is 0.0859 e. The van der Waals surface area contributed by atoms with Crippen molar-refractivity contribution >= 4 is 6.34 Å². The lowest BCUT2D eigenvalue weighted by atomic mass is 10.4. The number of aliphatic imine (C=N–C) groups is 1. The molecule has 0 spiro atoms. The molecule has 0 aliphatic carbocycles. The molecule has 0 fully saturated rings. The SMILES string of the molecule is C=C(/C=C\CC)N=CN. The molecular weight excluding hydrogens is 112 g/mol. The molecule has 0 unspecified atom stereocenters. The predicted octanol–water partition coefficient (Wildman–Crippen LogP) is 1.45. The molecule has 0 amide bonds. The third kappa shape index (κ3) is 4.81. The highest BCUT2D eigenvalue weighted by Gasteiger charge is 1.75. The topological polar surface area (TPSA) is 38.4 Å². The second-order valence-electron chi connectivity index (χ2n) is 1.58. The Morgan fingerprint density at radius 2 is 2.44 bits per heavy atom. The van der Waals surface area contributed by atoms with Crippen LogP contribution >= 0.6 is 0 Å². The first-order valence-corrected chi connectivity index (χ1v) is 2.91. The Morgan fingerprint density at radius 3 is 2.89 bits per heavy atom. The van der Waals surface area contributed by atoms with Gasteiger partial charge >= 0.3 is 0 Å². The molecule has 0 aromatic carbocycles. The van der Waals surface area contributed by atoms with Crippen molar-refractivity contribution in [3.05, 3.63) is 24.4 Å². The summed E-state index contributed by atoms with van der Waals surface area (Å²) in [5.74, 6) is 0. The van der Waals surface area contributed by atoms with Crippen LogP contribution in [0.2, 0.25) is 0 Å². The molecule has 2 heteroatoms. The van der Waals surface area contributed by atoms with E-state index in [1.807, 2.05) is 12.2 Å². The van der Waals surface area contributed by atoms with E-state index in [-0.39, 0.29) is 0 Å². The molecule has 50 valence electrons. The lowest BCUT2D eigenvalue weighted by Gasteiger charge is -1.84. The lowest BCUT2D eigenvalue weighted by Crippen LogP contribution is -1.87. The Kier molecular flexibility index (Phi) is 4.50. The number of hydrogen-bond donors (Lipinski definition) is 1. The second kappa shape index (κ2) is 5.09. The van der Waals surface area contributed by atoms with E-state index in [2.05, 4.69) is 18.5 Å². The highest BCUT2D eigenvalue weighted by molar-refractivity contribution is 5.54. The monoisotopic (exact) mass is 124 g/mol. The molecule has 0 aliphatic heterocycles. The second-order valence-corrected chi connectivity index (χ2v) is 1.58. The van der Waals surface area contributed by atoms with Crippen molar-refractivity contribution in [2.24, 2.45) is 10.7 Å². The highest BCUT2D eigenvalue weighted by atomic mass is 14.8. The quantitative estimate of drug-likeness (QED) is 0.345. The number of rotatable bonds is 3. The van der Waals surface area contributed by atoms with Crippen LogP contribution in [0.5, 0.6) is 0 Å². The fourth-order valence-corrected chi connectivity index (χ4v) is 0.393. The van der Waals surface area contributed by atoms with Crippen LogP contribution in [-0.4, -0.2) is 6.34 Å². The summed E-state index contributed by atoms with van der Waals surface area (Å²) in [6.45, 7) is 5.67. The van der Waals surface area contributed by atoms with Crippen LogP contribution in [0.25, 0.3) is 0 Å². The van der Waals surface area contributed by atoms with Crippen molar-refractivity contribution < 1.29 is 0 Å². The van der Waals surface area contributed by atoms with Gasteiger partial charge < -0.3 is 5.73 Å². The standard InChI is InChI=1S/C7H12N2/c1-3-4-5-7(2)9-6-8/h4-6H,2-3H2,1H3,(H2,8,9)/b5-4-. The summed E-state index contributed by atoms with van der Waals surface area (Å²) in [5.41, 5.74) is 5.71. The zero-order valence-corrected chi connectivity index (χ0v) is 5.67. The Labute approximate surface area is 55.8 Å². The van der Waals surface area contributed by atoms with Gasteiger partial charge in [-0.05, 0) is 12.5 Å². The lowest BCUT2D eigenvalue weighted by molar-refractivity contribution is 1.21. The van der Waals surface area contributed by atoms with Crippen LogP contribution in [-0.2, 0) is 0 Å². The summed E-state index contributed by atoms with van der Waals surface area (Å²) in [7, 11) is 0. The number of hydrogen-bond acceptors (Lipinski definition) is 1. The first-order valence-electron chi connectivity index (χ1n) is 2.91. The number of nitrogens with two attached hydrogens (primary N) is 1. The van der Waals surface area contributed by atoms with E-state index >= 15 is 0 Å². The first-order chi connectivity index (χ1) is 4.31. The van der Waals surface area contributed by atoms with Gasteiger partial charge in [-0.3, -0.25) is 0 Å². The smallest absolute Gasteiger partial charge is 0.0859 e. The highest BCUT2D eigenvalue weighted by Crippen LogP contribution is 1.93. The minimum Gasteiger partial charge on any atom is -0.390 e. The van der Waals surface area contributed by atoms with Crippen LogP contribution in [0, 0.1) is 0 Å². The third-order valence-corrected chi connectivity index (χ3v) is 0.786. The maximum atomic E-state index is 5.01. The normalized spacial score (nSPS) is 11.2. The van der Waals surface area contributed by atoms with Gasteiger partial charge in [0.2, 0.25) is 0 Å². The van der Waals surface area contributed by atoms with Crippen molar-refractivity contribution in [3.63, 3.8) is 0 Å². The van der Waals surface area contributed by atoms with Crippen LogP contribution in [0.1, 0.15) is 13.3 Å². The predicted molar refractivity (Wildman–Crippen MR) is 41.3 cm³/mol. The Balaban J connectivity index is 3.63. The van der Waals surface area contributed by atoms with Crippen molar-refractivity contribution in [2.45, 2.75) is 13.3 Å². The van der Waals surface area contributed by atoms with E-state index in [9.17, 15) is 0 Å². The summed E-state index contributed by atoms with van der Waals surface area (Å²) in [5, 5.41) is 0. The molecule has 0 saturated carbocycles. The number of nitrogens with zero attached hydrogens (tertiary/aromatic N) is 1. The molecule has 0 aromatic heterocycles. The first kappa shape index (κ1) is 7.95. The Hall–Kier alpha value is -1.05. The fourth-order valence-electron chi connectivity index (χ4n) is 0.393. The molecule has 0 rings (SSSR count). The van der Waals surface area contributed by atoms with E-state index in [1.54, 1.807) is 0 Å². The van der Waals surface area contributed by atoms with Crippen molar-refractivity contribution in [3.8, 4) is 0 Å². The Bertz CT molecular complexity index is 134. The van der Waals surface area contributed by atoms with Crippen molar-refractivity contribution in [1.82, 2.24) is 0 Å². The molecular formula is C7H12N2. The van der Waals surface area contributed by atoms with Crippen LogP contribution in [0.3, 0.4) is 0 Å². The average molecular weight is 124 g/mol. The van der Waals surface area contributed by atoms with E-state index < -0.39 is 0 Å². The molecule has 2 N–H and O–H groups in total. The van der Waals surface area contributed by atoms with Gasteiger partial charge in [-0.1, -0.05) is 19.6 Å². The van der Waals surface area contributed by atoms with Crippen LogP contribution < -0.4 is 5.73 Å². The van der Waals surface area contributed by atoms with Gasteiger partial charge in [0.25, 0.3) is 0 Å². The summed E-state index contributed by atoms with van der Waals surface area (Å²) < 4.78 is 0. The minimum atomic E-state index is 0.694. The van der Waals surface area contributed by atoms with Crippen LogP contribution in [0.15, 0.2) is 29.4 Å². The van der Waals surface area contributed by atoms with Gasteiger partial charge in [-0.25, -0.2) is 4.99 Å². The molecule has 0 radical (unpaired) electrons. The molecule has 0 saturated heterocycles. The van der Waals surface area contributed by atoms with Gasteiger partial charge in [0, 0.05) is 0 Å². The number of allylic oxidation sites excluding steroid dienone is 2. The summed E-state index contributed by atoms with van der Waals surface area (Å²) >= 11 is 0. The summed E-state index contributed by atoms with van der Waals surface area (Å²) in [4.78, 5) is 3.73. The molecule has 2 nitrogen and oxygen atoms in total. The van der Waals surface area contributed by atoms with E-state index in [0.29, 0.717) is 5.70 Å². The van der Waals surface area contributed by atoms with Gasteiger partial charge in [0.15, 0.2) is 0 Å². The van der Waals surface area contributed by atoms with Crippen LogP contribution in [0.4, 0.5) is 0 Å². The van der Waals surface area contributed by atoms with Crippen molar-refractivity contribution in [2.75, 3.05) is 0 Å². The summed E-state index contributed by atoms with van der Waals surface area (Å²) in [6, 6.07) is 0. The molecule has 0 aromatic rings. The van der Waals surface area contributed by atoms with E-state index in [1.165, 1.54) is 6.34 Å². The van der Waals surface area contributed by atoms with E-state index in [0.717, 1.165) is 6.42 Å². The van der Waals surface area contributed by atoms with Gasteiger partial charge in [0.05, 0.1) is 12.0 Å². The zero-order chi connectivity index (χ0) is 7.11. The molecule has 0 aliphatic rings. The molecule has 0 heterocycles. The third-order valence-electron chi connectivity index (χ3n) is 0.786. The molecule has 0 bridgehead atoms. The van der Waals surface area contributed by atoms with Crippen molar-refractivity contribution in [1.29, 1.82) is 0 Å². The largest absolute Gasteiger partial charge is 0.390 e. The summed E-state index contributed by atoms with van der Waals surface area (Å²) in [6.07, 6.45) is 6.06. The molecule has 0 atom stereocenters.